The third-order valence-corrected chi connectivity index (χ3v) is 2.24. The van der Waals surface area contributed by atoms with Crippen molar-refractivity contribution in [2.75, 3.05) is 0 Å². The maximum absolute atomic E-state index is 12.6. The van der Waals surface area contributed by atoms with Crippen LogP contribution in [0.15, 0.2) is 11.7 Å². The molecule has 0 aliphatic carbocycles. The van der Waals surface area contributed by atoms with Gasteiger partial charge in [-0.1, -0.05) is 0 Å². The van der Waals surface area contributed by atoms with Crippen LogP contribution in [-0.4, -0.2) is 36.0 Å². The summed E-state index contributed by atoms with van der Waals surface area (Å²) in [7, 11) is 0. The van der Waals surface area contributed by atoms with Gasteiger partial charge in [-0.15, -0.1) is 0 Å². The molecular weight excluding hydrogens is 400 g/mol. The van der Waals surface area contributed by atoms with E-state index < -0.39 is 47.7 Å². The topological polar surface area (TPSA) is 0 Å². The van der Waals surface area contributed by atoms with E-state index in [0.717, 1.165) is 0 Å². The molecule has 0 aromatic rings. The number of hydrogen-bond donors (Lipinski definition) is 0. The molecule has 0 aromatic carbocycles. The highest BCUT2D eigenvalue weighted by molar-refractivity contribution is 5.23. The van der Waals surface area contributed by atoms with Crippen molar-refractivity contribution in [2.24, 2.45) is 0 Å². The Hall–Kier alpha value is -1.38. The third-order valence-electron chi connectivity index (χ3n) is 2.24. The zero-order valence-electron chi connectivity index (χ0n) is 10.0. The minimum absolute atomic E-state index is 5.14. The van der Waals surface area contributed by atoms with Gasteiger partial charge in [0.25, 0.3) is 0 Å². The standard InChI is InChI=1S/C8F16/c9-1(3(11,12)5(15,16)7(19,20)21)2(10)4(13,14)6(17,18)8(22,23)24/b2-1+. The van der Waals surface area contributed by atoms with E-state index in [1.165, 1.54) is 0 Å². The number of alkyl halides is 14. The van der Waals surface area contributed by atoms with E-state index in [2.05, 4.69) is 0 Å². The van der Waals surface area contributed by atoms with Gasteiger partial charge < -0.3 is 0 Å². The van der Waals surface area contributed by atoms with Crippen LogP contribution in [0.1, 0.15) is 0 Å². The van der Waals surface area contributed by atoms with Crippen molar-refractivity contribution in [1.29, 1.82) is 0 Å². The summed E-state index contributed by atoms with van der Waals surface area (Å²) in [6.07, 6.45) is -14.8. The Morgan fingerprint density at radius 2 is 0.542 bits per heavy atom. The minimum atomic E-state index is -7.61. The van der Waals surface area contributed by atoms with Crippen molar-refractivity contribution >= 4 is 0 Å². The average molecular weight is 400 g/mol. The van der Waals surface area contributed by atoms with Gasteiger partial charge in [0.05, 0.1) is 0 Å². The van der Waals surface area contributed by atoms with Crippen molar-refractivity contribution in [3.05, 3.63) is 11.7 Å². The Morgan fingerprint density at radius 1 is 0.375 bits per heavy atom. The normalized spacial score (nSPS) is 17.0. The number of rotatable bonds is 4. The molecule has 0 saturated carbocycles. The second kappa shape index (κ2) is 5.57. The van der Waals surface area contributed by atoms with E-state index in [-0.39, 0.29) is 0 Å². The summed E-state index contributed by atoms with van der Waals surface area (Å²) in [4.78, 5) is 0. The minimum Gasteiger partial charge on any atom is -0.202 e. The van der Waals surface area contributed by atoms with Crippen molar-refractivity contribution in [3.63, 3.8) is 0 Å². The van der Waals surface area contributed by atoms with Crippen molar-refractivity contribution in [1.82, 2.24) is 0 Å². The highest BCUT2D eigenvalue weighted by Crippen LogP contribution is 2.55. The van der Waals surface area contributed by atoms with Crippen LogP contribution in [0, 0.1) is 0 Å². The lowest BCUT2D eigenvalue weighted by Crippen LogP contribution is -2.55. The monoisotopic (exact) mass is 400 g/mol. The molecule has 0 atom stereocenters. The van der Waals surface area contributed by atoms with Crippen LogP contribution in [0.2, 0.25) is 0 Å². The summed E-state index contributed by atoms with van der Waals surface area (Å²) >= 11 is 0. The smallest absolute Gasteiger partial charge is 0.202 e. The summed E-state index contributed by atoms with van der Waals surface area (Å²) in [5.74, 6) is -40.6. The first-order valence-electron chi connectivity index (χ1n) is 4.77. The molecule has 0 nitrogen and oxygen atoms in total. The number of hydrogen-bond acceptors (Lipinski definition) is 0. The molecule has 0 fully saturated rings. The Balaban J connectivity index is 6.38. The molecule has 0 amide bonds. The van der Waals surface area contributed by atoms with Gasteiger partial charge in [-0.2, -0.15) is 61.5 Å². The maximum Gasteiger partial charge on any atom is 0.460 e. The lowest BCUT2D eigenvalue weighted by atomic mass is 10.0. The first-order chi connectivity index (χ1) is 10.1. The largest absolute Gasteiger partial charge is 0.460 e. The van der Waals surface area contributed by atoms with E-state index in [1.807, 2.05) is 0 Å². The molecule has 0 aromatic heterocycles. The van der Waals surface area contributed by atoms with Crippen molar-refractivity contribution in [2.45, 2.75) is 36.0 Å². The molecule has 0 radical (unpaired) electrons. The first-order valence-corrected chi connectivity index (χ1v) is 4.77. The first kappa shape index (κ1) is 22.6. The van der Waals surface area contributed by atoms with Gasteiger partial charge in [0.1, 0.15) is 0 Å². The van der Waals surface area contributed by atoms with Crippen molar-refractivity contribution in [3.8, 4) is 0 Å². The molecule has 0 bridgehead atoms. The van der Waals surface area contributed by atoms with E-state index in [4.69, 9.17) is 0 Å². The summed E-state index contributed by atoms with van der Waals surface area (Å²) in [5.41, 5.74) is 0. The fourth-order valence-corrected chi connectivity index (χ4v) is 0.907. The van der Waals surface area contributed by atoms with Gasteiger partial charge in [0.15, 0.2) is 0 Å². The fourth-order valence-electron chi connectivity index (χ4n) is 0.907. The molecule has 0 heterocycles. The van der Waals surface area contributed by atoms with E-state index in [0.29, 0.717) is 0 Å². The maximum atomic E-state index is 12.6. The van der Waals surface area contributed by atoms with Gasteiger partial charge in [-0.05, 0) is 0 Å². The van der Waals surface area contributed by atoms with E-state index in [1.54, 1.807) is 0 Å². The highest BCUT2D eigenvalue weighted by atomic mass is 19.4. The van der Waals surface area contributed by atoms with E-state index in [9.17, 15) is 70.2 Å². The molecule has 24 heavy (non-hydrogen) atoms. The SMILES string of the molecule is F/C(=C(/F)C(F)(F)C(F)(F)C(F)(F)F)C(F)(F)C(F)(F)C(F)(F)F. The molecule has 0 spiro atoms. The quantitative estimate of drug-likeness (QED) is 0.524. The zero-order chi connectivity index (χ0) is 20.2. The van der Waals surface area contributed by atoms with Crippen LogP contribution in [0.25, 0.3) is 0 Å². The van der Waals surface area contributed by atoms with Crippen LogP contribution in [0.3, 0.4) is 0 Å². The molecule has 0 unspecified atom stereocenters. The molecule has 0 rings (SSSR count). The lowest BCUT2D eigenvalue weighted by Gasteiger charge is -2.30. The Labute approximate surface area is 119 Å². The number of allylic oxidation sites excluding steroid dienone is 2. The summed E-state index contributed by atoms with van der Waals surface area (Å²) in [5, 5.41) is 0. The summed E-state index contributed by atoms with van der Waals surface area (Å²) in [6, 6.07) is 0. The van der Waals surface area contributed by atoms with Crippen LogP contribution in [-0.2, 0) is 0 Å². The van der Waals surface area contributed by atoms with Gasteiger partial charge >= 0.3 is 36.0 Å². The summed E-state index contributed by atoms with van der Waals surface area (Å²) < 4.78 is 194. The van der Waals surface area contributed by atoms with Gasteiger partial charge in [-0.3, -0.25) is 0 Å². The second-order valence-corrected chi connectivity index (χ2v) is 3.92. The lowest BCUT2D eigenvalue weighted by molar-refractivity contribution is -0.355. The molecular formula is C8F16. The van der Waals surface area contributed by atoms with Crippen LogP contribution >= 0.6 is 0 Å². The second-order valence-electron chi connectivity index (χ2n) is 3.92. The molecule has 0 saturated heterocycles. The Morgan fingerprint density at radius 3 is 0.667 bits per heavy atom. The Kier molecular flexibility index (Phi) is 5.25. The zero-order valence-corrected chi connectivity index (χ0v) is 10.0. The predicted octanol–water partition coefficient (Wildman–Crippen LogP) is 5.80. The van der Waals surface area contributed by atoms with Gasteiger partial charge in [0.2, 0.25) is 11.7 Å². The Bertz CT molecular complexity index is 455. The van der Waals surface area contributed by atoms with E-state index >= 15 is 0 Å². The van der Waals surface area contributed by atoms with Crippen LogP contribution in [0.5, 0.6) is 0 Å². The highest BCUT2D eigenvalue weighted by Gasteiger charge is 2.79. The molecule has 0 aliphatic heterocycles. The van der Waals surface area contributed by atoms with Crippen molar-refractivity contribution < 1.29 is 70.2 Å². The summed E-state index contributed by atoms with van der Waals surface area (Å²) in [6.45, 7) is 0. The predicted molar refractivity (Wildman–Crippen MR) is 41.1 cm³/mol. The van der Waals surface area contributed by atoms with Gasteiger partial charge in [0, 0.05) is 0 Å². The molecule has 16 heteroatoms. The third kappa shape index (κ3) is 3.10. The fraction of sp³-hybridized carbons (Fsp3) is 0.750. The van der Waals surface area contributed by atoms with Crippen LogP contribution < -0.4 is 0 Å². The molecule has 144 valence electrons. The molecule has 0 aliphatic rings. The number of halogens is 16. The van der Waals surface area contributed by atoms with Crippen LogP contribution in [0.4, 0.5) is 70.2 Å². The average Bonchev–Trinajstić information content (AvgIpc) is 2.33. The van der Waals surface area contributed by atoms with Gasteiger partial charge in [-0.25, -0.2) is 8.78 Å². The molecule has 0 N–H and O–H groups in total.